The number of hydrogen-bond acceptors (Lipinski definition) is 2. The van der Waals surface area contributed by atoms with Crippen LogP contribution in [0.15, 0.2) is 18.2 Å². The zero-order chi connectivity index (χ0) is 11.4. The molecule has 1 N–H and O–H groups in total. The third kappa shape index (κ3) is 3.00. The Hall–Kier alpha value is -1.00. The van der Waals surface area contributed by atoms with Gasteiger partial charge in [0.2, 0.25) is 0 Å². The first-order valence-electron chi connectivity index (χ1n) is 5.52. The van der Waals surface area contributed by atoms with Gasteiger partial charge in [0.05, 0.1) is 12.7 Å². The largest absolute Gasteiger partial charge is 0.372 e. The van der Waals surface area contributed by atoms with E-state index in [1.54, 1.807) is 0 Å². The van der Waals surface area contributed by atoms with Gasteiger partial charge in [-0.3, -0.25) is 0 Å². The minimum absolute atomic E-state index is 0.137. The standard InChI is InChI=1S/C12H15F2NO/c13-10-4-3-9(12(14)6-10)8-16-11-2-1-5-15-7-11/h3-4,6,11,15H,1-2,5,7-8H2. The van der Waals surface area contributed by atoms with Crippen molar-refractivity contribution in [2.24, 2.45) is 0 Å². The normalized spacial score (nSPS) is 21.0. The quantitative estimate of drug-likeness (QED) is 0.855. The van der Waals surface area contributed by atoms with Crippen LogP contribution in [0.5, 0.6) is 0 Å². The van der Waals surface area contributed by atoms with Gasteiger partial charge in [-0.2, -0.15) is 0 Å². The van der Waals surface area contributed by atoms with Crippen molar-refractivity contribution in [1.29, 1.82) is 0 Å². The summed E-state index contributed by atoms with van der Waals surface area (Å²) in [5.41, 5.74) is 0.409. The molecule has 0 saturated carbocycles. The molecule has 4 heteroatoms. The molecule has 0 spiro atoms. The van der Waals surface area contributed by atoms with E-state index >= 15 is 0 Å². The molecule has 1 atom stereocenters. The van der Waals surface area contributed by atoms with Gasteiger partial charge in [0.1, 0.15) is 11.6 Å². The minimum Gasteiger partial charge on any atom is -0.372 e. The molecular weight excluding hydrogens is 212 g/mol. The smallest absolute Gasteiger partial charge is 0.131 e. The van der Waals surface area contributed by atoms with E-state index in [-0.39, 0.29) is 12.7 Å². The number of rotatable bonds is 3. The second-order valence-corrected chi connectivity index (χ2v) is 4.02. The summed E-state index contributed by atoms with van der Waals surface area (Å²) < 4.78 is 31.5. The average Bonchev–Trinajstić information content (AvgIpc) is 2.29. The number of piperidine rings is 1. The van der Waals surface area contributed by atoms with Crippen molar-refractivity contribution in [1.82, 2.24) is 5.32 Å². The molecule has 2 nitrogen and oxygen atoms in total. The summed E-state index contributed by atoms with van der Waals surface area (Å²) in [6.07, 6.45) is 2.21. The summed E-state index contributed by atoms with van der Waals surface area (Å²) in [5, 5.41) is 3.22. The van der Waals surface area contributed by atoms with Crippen molar-refractivity contribution in [3.63, 3.8) is 0 Å². The lowest BCUT2D eigenvalue weighted by atomic mass is 10.1. The molecule has 1 aromatic rings. The number of ether oxygens (including phenoxy) is 1. The fourth-order valence-corrected chi connectivity index (χ4v) is 1.81. The van der Waals surface area contributed by atoms with Gasteiger partial charge >= 0.3 is 0 Å². The lowest BCUT2D eigenvalue weighted by Gasteiger charge is -2.23. The number of nitrogens with one attached hydrogen (secondary N) is 1. The zero-order valence-electron chi connectivity index (χ0n) is 9.01. The second kappa shape index (κ2) is 5.37. The Bertz CT molecular complexity index is 351. The molecule has 2 rings (SSSR count). The van der Waals surface area contributed by atoms with E-state index in [1.165, 1.54) is 12.1 Å². The third-order valence-electron chi connectivity index (χ3n) is 2.74. The minimum atomic E-state index is -0.555. The maximum Gasteiger partial charge on any atom is 0.131 e. The van der Waals surface area contributed by atoms with Crippen LogP contribution in [0, 0.1) is 11.6 Å². The van der Waals surface area contributed by atoms with Crippen molar-refractivity contribution in [2.45, 2.75) is 25.6 Å². The maximum atomic E-state index is 13.3. The second-order valence-electron chi connectivity index (χ2n) is 4.02. The van der Waals surface area contributed by atoms with E-state index in [2.05, 4.69) is 5.32 Å². The summed E-state index contributed by atoms with van der Waals surface area (Å²) in [4.78, 5) is 0. The highest BCUT2D eigenvalue weighted by Crippen LogP contribution is 2.13. The number of benzene rings is 1. The molecule has 1 aliphatic heterocycles. The van der Waals surface area contributed by atoms with E-state index < -0.39 is 11.6 Å². The Morgan fingerprint density at radius 1 is 1.38 bits per heavy atom. The SMILES string of the molecule is Fc1ccc(COC2CCCNC2)c(F)c1. The Balaban J connectivity index is 1.88. The first-order chi connectivity index (χ1) is 7.75. The van der Waals surface area contributed by atoms with E-state index in [0.29, 0.717) is 5.56 Å². The Labute approximate surface area is 93.6 Å². The predicted molar refractivity (Wildman–Crippen MR) is 57.0 cm³/mol. The molecule has 0 aliphatic carbocycles. The molecule has 1 unspecified atom stereocenters. The summed E-state index contributed by atoms with van der Waals surface area (Å²) in [6, 6.07) is 3.57. The molecule has 0 aromatic heterocycles. The first kappa shape index (κ1) is 11.5. The molecule has 1 aromatic carbocycles. The van der Waals surface area contributed by atoms with Gasteiger partial charge in [-0.05, 0) is 25.5 Å². The van der Waals surface area contributed by atoms with Crippen molar-refractivity contribution in [3.8, 4) is 0 Å². The highest BCUT2D eigenvalue weighted by molar-refractivity contribution is 5.17. The van der Waals surface area contributed by atoms with Crippen molar-refractivity contribution in [2.75, 3.05) is 13.1 Å². The van der Waals surface area contributed by atoms with E-state index in [1.807, 2.05) is 0 Å². The maximum absolute atomic E-state index is 13.3. The predicted octanol–water partition coefficient (Wildman–Crippen LogP) is 2.23. The number of halogens is 2. The molecule has 1 heterocycles. The monoisotopic (exact) mass is 227 g/mol. The first-order valence-corrected chi connectivity index (χ1v) is 5.52. The molecule has 0 bridgehead atoms. The molecule has 1 fully saturated rings. The van der Waals surface area contributed by atoms with E-state index in [0.717, 1.165) is 32.0 Å². The van der Waals surface area contributed by atoms with Crippen molar-refractivity contribution < 1.29 is 13.5 Å². The van der Waals surface area contributed by atoms with Gasteiger partial charge in [-0.1, -0.05) is 6.07 Å². The lowest BCUT2D eigenvalue weighted by Crippen LogP contribution is -2.35. The van der Waals surface area contributed by atoms with Crippen LogP contribution in [0.2, 0.25) is 0 Å². The van der Waals surface area contributed by atoms with E-state index in [4.69, 9.17) is 4.74 Å². The van der Waals surface area contributed by atoms with Crippen LogP contribution < -0.4 is 5.32 Å². The van der Waals surface area contributed by atoms with Crippen LogP contribution in [0.4, 0.5) is 8.78 Å². The van der Waals surface area contributed by atoms with Crippen molar-refractivity contribution >= 4 is 0 Å². The summed E-state index contributed by atoms with van der Waals surface area (Å²) in [7, 11) is 0. The zero-order valence-corrected chi connectivity index (χ0v) is 9.01. The fraction of sp³-hybridized carbons (Fsp3) is 0.500. The Morgan fingerprint density at radius 3 is 2.94 bits per heavy atom. The van der Waals surface area contributed by atoms with Gasteiger partial charge in [0, 0.05) is 18.2 Å². The molecule has 0 amide bonds. The van der Waals surface area contributed by atoms with Crippen LogP contribution in [0.3, 0.4) is 0 Å². The topological polar surface area (TPSA) is 21.3 Å². The highest BCUT2D eigenvalue weighted by Gasteiger charge is 2.14. The van der Waals surface area contributed by atoms with Crippen LogP contribution in [0.25, 0.3) is 0 Å². The Morgan fingerprint density at radius 2 is 2.25 bits per heavy atom. The molecule has 16 heavy (non-hydrogen) atoms. The molecule has 0 radical (unpaired) electrons. The van der Waals surface area contributed by atoms with Crippen LogP contribution in [-0.4, -0.2) is 19.2 Å². The fourth-order valence-electron chi connectivity index (χ4n) is 1.81. The van der Waals surface area contributed by atoms with Gasteiger partial charge in [-0.25, -0.2) is 8.78 Å². The number of hydrogen-bond donors (Lipinski definition) is 1. The summed E-state index contributed by atoms with van der Waals surface area (Å²) in [5.74, 6) is -1.09. The molecule has 88 valence electrons. The summed E-state index contributed by atoms with van der Waals surface area (Å²) in [6.45, 7) is 2.03. The van der Waals surface area contributed by atoms with Gasteiger partial charge in [-0.15, -0.1) is 0 Å². The highest BCUT2D eigenvalue weighted by atomic mass is 19.1. The van der Waals surface area contributed by atoms with Gasteiger partial charge < -0.3 is 10.1 Å². The third-order valence-corrected chi connectivity index (χ3v) is 2.74. The van der Waals surface area contributed by atoms with Crippen molar-refractivity contribution in [3.05, 3.63) is 35.4 Å². The molecular formula is C12H15F2NO. The van der Waals surface area contributed by atoms with Crippen LogP contribution in [0.1, 0.15) is 18.4 Å². The molecule has 1 aliphatic rings. The van der Waals surface area contributed by atoms with Gasteiger partial charge in [0.15, 0.2) is 0 Å². The average molecular weight is 227 g/mol. The van der Waals surface area contributed by atoms with Crippen LogP contribution in [-0.2, 0) is 11.3 Å². The van der Waals surface area contributed by atoms with Gasteiger partial charge in [0.25, 0.3) is 0 Å². The van der Waals surface area contributed by atoms with E-state index in [9.17, 15) is 8.78 Å². The Kier molecular flexibility index (Phi) is 3.85. The molecule has 1 saturated heterocycles. The van der Waals surface area contributed by atoms with Crippen LogP contribution >= 0.6 is 0 Å². The summed E-state index contributed by atoms with van der Waals surface area (Å²) >= 11 is 0. The lowest BCUT2D eigenvalue weighted by molar-refractivity contribution is 0.0239.